The third kappa shape index (κ3) is 4.43. The maximum absolute atomic E-state index is 13.2. The van der Waals surface area contributed by atoms with Crippen LogP contribution in [0.15, 0.2) is 54.7 Å². The zero-order chi connectivity index (χ0) is 20.1. The molecule has 0 bridgehead atoms. The van der Waals surface area contributed by atoms with E-state index in [0.717, 1.165) is 6.07 Å². The lowest BCUT2D eigenvalue weighted by molar-refractivity contribution is -0.136. The zero-order valence-corrected chi connectivity index (χ0v) is 15.0. The van der Waals surface area contributed by atoms with Crippen LogP contribution < -0.4 is 20.1 Å². The van der Waals surface area contributed by atoms with Gasteiger partial charge in [0, 0.05) is 12.3 Å². The van der Waals surface area contributed by atoms with Crippen LogP contribution in [0.25, 0.3) is 0 Å². The van der Waals surface area contributed by atoms with Gasteiger partial charge >= 0.3 is 6.18 Å². The van der Waals surface area contributed by atoms with Crippen molar-refractivity contribution in [1.82, 2.24) is 9.97 Å². The minimum Gasteiger partial charge on any atom is -0.497 e. The van der Waals surface area contributed by atoms with E-state index >= 15 is 0 Å². The van der Waals surface area contributed by atoms with Crippen LogP contribution in [0.3, 0.4) is 0 Å². The molecule has 1 aromatic heterocycles. The van der Waals surface area contributed by atoms with Crippen LogP contribution in [0.1, 0.15) is 5.56 Å². The first-order valence-electron chi connectivity index (χ1n) is 8.16. The van der Waals surface area contributed by atoms with Crippen LogP contribution in [-0.2, 0) is 6.18 Å². The number of para-hydroxylation sites is 1. The lowest BCUT2D eigenvalue weighted by Crippen LogP contribution is -2.09. The number of ether oxygens (including phenoxy) is 2. The molecule has 0 saturated carbocycles. The highest BCUT2D eigenvalue weighted by atomic mass is 19.4. The fourth-order valence-corrected chi connectivity index (χ4v) is 2.50. The Kier molecular flexibility index (Phi) is 5.53. The zero-order valence-electron chi connectivity index (χ0n) is 15.0. The lowest BCUT2D eigenvalue weighted by Gasteiger charge is -2.15. The SMILES string of the molecule is COc1ccc(OC)c(Nc2nccc(Nc3ccccc3C(F)(F)F)n2)c1. The molecule has 3 aromatic rings. The summed E-state index contributed by atoms with van der Waals surface area (Å²) in [6.07, 6.45) is -3.05. The average molecular weight is 390 g/mol. The van der Waals surface area contributed by atoms with Crippen LogP contribution in [0, 0.1) is 0 Å². The van der Waals surface area contributed by atoms with Gasteiger partial charge in [-0.15, -0.1) is 0 Å². The Morgan fingerprint density at radius 3 is 2.39 bits per heavy atom. The Bertz CT molecular complexity index is 964. The number of methoxy groups -OCH3 is 2. The number of nitrogens with zero attached hydrogens (tertiary/aromatic N) is 2. The number of hydrogen-bond acceptors (Lipinski definition) is 6. The predicted octanol–water partition coefficient (Wildman–Crippen LogP) is 5.00. The number of aromatic nitrogens is 2. The maximum atomic E-state index is 13.2. The van der Waals surface area contributed by atoms with Crippen LogP contribution in [0.4, 0.5) is 36.3 Å². The number of rotatable bonds is 6. The average Bonchev–Trinajstić information content (AvgIpc) is 2.68. The first kappa shape index (κ1) is 19.3. The van der Waals surface area contributed by atoms with Crippen molar-refractivity contribution in [3.05, 3.63) is 60.3 Å². The molecule has 6 nitrogen and oxygen atoms in total. The number of anilines is 4. The van der Waals surface area contributed by atoms with E-state index in [1.165, 1.54) is 44.7 Å². The minimum absolute atomic E-state index is 0.0985. The van der Waals surface area contributed by atoms with Gasteiger partial charge < -0.3 is 20.1 Å². The molecule has 0 aliphatic heterocycles. The molecular weight excluding hydrogens is 373 g/mol. The molecule has 0 spiro atoms. The van der Waals surface area contributed by atoms with Gasteiger partial charge in [-0.3, -0.25) is 0 Å². The molecular formula is C19H17F3N4O2. The molecule has 1 heterocycles. The Hall–Kier alpha value is -3.49. The van der Waals surface area contributed by atoms with Crippen LogP contribution >= 0.6 is 0 Å². The van der Waals surface area contributed by atoms with Gasteiger partial charge in [0.15, 0.2) is 0 Å². The summed E-state index contributed by atoms with van der Waals surface area (Å²) in [5.74, 6) is 1.51. The normalized spacial score (nSPS) is 11.0. The molecule has 2 aromatic carbocycles. The van der Waals surface area contributed by atoms with E-state index in [1.807, 2.05) is 0 Å². The van der Waals surface area contributed by atoms with E-state index < -0.39 is 11.7 Å². The van der Waals surface area contributed by atoms with Gasteiger partial charge in [0.25, 0.3) is 0 Å². The molecule has 0 fully saturated rings. The molecule has 2 N–H and O–H groups in total. The second kappa shape index (κ2) is 8.03. The van der Waals surface area contributed by atoms with E-state index in [2.05, 4.69) is 20.6 Å². The van der Waals surface area contributed by atoms with E-state index in [-0.39, 0.29) is 17.5 Å². The molecule has 146 valence electrons. The van der Waals surface area contributed by atoms with E-state index in [0.29, 0.717) is 17.2 Å². The van der Waals surface area contributed by atoms with E-state index in [1.54, 1.807) is 18.2 Å². The standard InChI is InChI=1S/C19H17F3N4O2/c1-27-12-7-8-16(28-2)15(11-12)25-18-23-10-9-17(26-18)24-14-6-4-3-5-13(14)19(20,21)22/h3-11H,1-2H3,(H2,23,24,25,26). The van der Waals surface area contributed by atoms with Crippen molar-refractivity contribution in [1.29, 1.82) is 0 Å². The molecule has 9 heteroatoms. The molecule has 0 aliphatic carbocycles. The summed E-state index contributed by atoms with van der Waals surface area (Å²) in [5.41, 5.74) is -0.328. The Balaban J connectivity index is 1.87. The Labute approximate surface area is 159 Å². The van der Waals surface area contributed by atoms with Crippen molar-refractivity contribution >= 4 is 23.1 Å². The monoisotopic (exact) mass is 390 g/mol. The predicted molar refractivity (Wildman–Crippen MR) is 99.6 cm³/mol. The van der Waals surface area contributed by atoms with Gasteiger partial charge in [0.05, 0.1) is 31.2 Å². The highest BCUT2D eigenvalue weighted by Gasteiger charge is 2.33. The van der Waals surface area contributed by atoms with Crippen molar-refractivity contribution in [2.24, 2.45) is 0 Å². The first-order valence-corrected chi connectivity index (χ1v) is 8.16. The maximum Gasteiger partial charge on any atom is 0.418 e. The first-order chi connectivity index (χ1) is 13.4. The van der Waals surface area contributed by atoms with Crippen molar-refractivity contribution in [2.75, 3.05) is 24.9 Å². The van der Waals surface area contributed by atoms with Crippen molar-refractivity contribution in [3.63, 3.8) is 0 Å². The van der Waals surface area contributed by atoms with Crippen molar-refractivity contribution in [2.45, 2.75) is 6.18 Å². The highest BCUT2D eigenvalue weighted by molar-refractivity contribution is 5.67. The molecule has 0 amide bonds. The molecule has 0 aliphatic rings. The molecule has 0 radical (unpaired) electrons. The molecule has 0 unspecified atom stereocenters. The quantitative estimate of drug-likeness (QED) is 0.617. The number of hydrogen-bond donors (Lipinski definition) is 2. The van der Waals surface area contributed by atoms with Gasteiger partial charge in [-0.1, -0.05) is 12.1 Å². The fraction of sp³-hybridized carbons (Fsp3) is 0.158. The number of alkyl halides is 3. The topological polar surface area (TPSA) is 68.3 Å². The second-order valence-electron chi connectivity index (χ2n) is 5.63. The number of benzene rings is 2. The second-order valence-corrected chi connectivity index (χ2v) is 5.63. The van der Waals surface area contributed by atoms with E-state index in [9.17, 15) is 13.2 Å². The Morgan fingerprint density at radius 1 is 0.893 bits per heavy atom. The molecule has 0 atom stereocenters. The summed E-state index contributed by atoms with van der Waals surface area (Å²) in [6, 6.07) is 11.8. The van der Waals surface area contributed by atoms with Crippen LogP contribution in [0.5, 0.6) is 11.5 Å². The number of nitrogens with one attached hydrogen (secondary N) is 2. The van der Waals surface area contributed by atoms with Gasteiger partial charge in [-0.2, -0.15) is 18.2 Å². The summed E-state index contributed by atoms with van der Waals surface area (Å²) >= 11 is 0. The van der Waals surface area contributed by atoms with Gasteiger partial charge in [0.1, 0.15) is 17.3 Å². The summed E-state index contributed by atoms with van der Waals surface area (Å²) in [7, 11) is 3.05. The van der Waals surface area contributed by atoms with Gasteiger partial charge in [-0.05, 0) is 30.3 Å². The molecule has 28 heavy (non-hydrogen) atoms. The smallest absolute Gasteiger partial charge is 0.418 e. The number of halogens is 3. The summed E-state index contributed by atoms with van der Waals surface area (Å²) in [5, 5.41) is 5.67. The van der Waals surface area contributed by atoms with Crippen molar-refractivity contribution in [3.8, 4) is 11.5 Å². The van der Waals surface area contributed by atoms with Crippen molar-refractivity contribution < 1.29 is 22.6 Å². The fourth-order valence-electron chi connectivity index (χ4n) is 2.50. The van der Waals surface area contributed by atoms with Gasteiger partial charge in [-0.25, -0.2) is 4.98 Å². The minimum atomic E-state index is -4.48. The third-order valence-corrected chi connectivity index (χ3v) is 3.80. The van der Waals surface area contributed by atoms with Gasteiger partial charge in [0.2, 0.25) is 5.95 Å². The summed E-state index contributed by atoms with van der Waals surface area (Å²) < 4.78 is 50.0. The highest BCUT2D eigenvalue weighted by Crippen LogP contribution is 2.36. The lowest BCUT2D eigenvalue weighted by atomic mass is 10.1. The van der Waals surface area contributed by atoms with Crippen LogP contribution in [-0.4, -0.2) is 24.2 Å². The molecule has 0 saturated heterocycles. The summed E-state index contributed by atoms with van der Waals surface area (Å²) in [6.45, 7) is 0. The Morgan fingerprint density at radius 2 is 1.68 bits per heavy atom. The summed E-state index contributed by atoms with van der Waals surface area (Å²) in [4.78, 5) is 8.32. The van der Waals surface area contributed by atoms with Crippen LogP contribution in [0.2, 0.25) is 0 Å². The largest absolute Gasteiger partial charge is 0.497 e. The third-order valence-electron chi connectivity index (χ3n) is 3.80. The molecule has 3 rings (SSSR count). The van der Waals surface area contributed by atoms with E-state index in [4.69, 9.17) is 9.47 Å².